The SMILES string of the molecule is [B][C@H]([C@@H](C)C(=O)[C@@H](C)C(=O)O)[C@@](C)(C[C@@H](C)CN[C@H](C)[C@H]1N(CCCCn2cc(-c3cccnn3)nn2)C(=O)O[C@]1(C)[C@H](C)CC)OC. The molecule has 1 aliphatic rings. The largest absolute Gasteiger partial charge is 0.481 e. The molecule has 14 heteroatoms. The molecule has 1 saturated heterocycles. The first-order valence-electron chi connectivity index (χ1n) is 17.1. The minimum absolute atomic E-state index is 0.0819. The van der Waals surface area contributed by atoms with Crippen molar-refractivity contribution < 1.29 is 29.0 Å². The highest BCUT2D eigenvalue weighted by Crippen LogP contribution is 2.40. The van der Waals surface area contributed by atoms with Crippen molar-refractivity contribution in [1.29, 1.82) is 0 Å². The number of nitrogens with zero attached hydrogens (tertiary/aromatic N) is 6. The van der Waals surface area contributed by atoms with Gasteiger partial charge in [0.2, 0.25) is 0 Å². The summed E-state index contributed by atoms with van der Waals surface area (Å²) in [5, 5.41) is 29.4. The summed E-state index contributed by atoms with van der Waals surface area (Å²) in [7, 11) is 8.12. The summed E-state index contributed by atoms with van der Waals surface area (Å²) < 4.78 is 13.8. The van der Waals surface area contributed by atoms with Crippen LogP contribution in [0.2, 0.25) is 5.82 Å². The molecular formula is C34H54BN7O6. The van der Waals surface area contributed by atoms with E-state index in [4.69, 9.17) is 17.3 Å². The number of carboxylic acid groups (broad SMARTS) is 1. The van der Waals surface area contributed by atoms with Gasteiger partial charge in [-0.15, -0.1) is 10.2 Å². The molecule has 264 valence electrons. The molecule has 2 N–H and O–H groups in total. The molecule has 2 aromatic rings. The Bertz CT molecular complexity index is 1360. The number of unbranched alkanes of at least 4 members (excludes halogenated alkanes) is 1. The predicted molar refractivity (Wildman–Crippen MR) is 182 cm³/mol. The number of ketones is 1. The molecule has 2 aromatic heterocycles. The van der Waals surface area contributed by atoms with Crippen molar-refractivity contribution in [2.75, 3.05) is 20.2 Å². The van der Waals surface area contributed by atoms with E-state index in [1.807, 2.05) is 31.0 Å². The average molecular weight is 668 g/mol. The Morgan fingerprint density at radius 2 is 1.85 bits per heavy atom. The number of hydrogen-bond acceptors (Lipinski definition) is 10. The molecule has 1 aliphatic heterocycles. The third-order valence-electron chi connectivity index (χ3n) is 10.4. The van der Waals surface area contributed by atoms with Crippen molar-refractivity contribution in [1.82, 2.24) is 35.4 Å². The molecule has 9 atom stereocenters. The van der Waals surface area contributed by atoms with E-state index in [0.717, 1.165) is 19.3 Å². The van der Waals surface area contributed by atoms with Crippen LogP contribution in [0.4, 0.5) is 4.79 Å². The van der Waals surface area contributed by atoms with Gasteiger partial charge in [0, 0.05) is 38.4 Å². The van der Waals surface area contributed by atoms with Gasteiger partial charge in [0.05, 0.1) is 25.7 Å². The van der Waals surface area contributed by atoms with E-state index < -0.39 is 40.6 Å². The molecule has 48 heavy (non-hydrogen) atoms. The van der Waals surface area contributed by atoms with Crippen LogP contribution in [-0.2, 0) is 25.6 Å². The summed E-state index contributed by atoms with van der Waals surface area (Å²) in [6.07, 6.45) is 6.10. The number of cyclic esters (lactones) is 1. The number of amides is 1. The number of nitrogens with one attached hydrogen (secondary N) is 1. The lowest BCUT2D eigenvalue weighted by molar-refractivity contribution is -0.147. The fourth-order valence-corrected chi connectivity index (χ4v) is 6.88. The quantitative estimate of drug-likeness (QED) is 0.117. The third-order valence-corrected chi connectivity index (χ3v) is 10.4. The number of rotatable bonds is 20. The van der Waals surface area contributed by atoms with Crippen LogP contribution < -0.4 is 5.32 Å². The fraction of sp³-hybridized carbons (Fsp3) is 0.735. The van der Waals surface area contributed by atoms with Crippen LogP contribution in [0.1, 0.15) is 81.1 Å². The molecule has 3 heterocycles. The van der Waals surface area contributed by atoms with Crippen molar-refractivity contribution in [2.45, 2.75) is 117 Å². The number of aromatic nitrogens is 5. The van der Waals surface area contributed by atoms with Gasteiger partial charge in [-0.05, 0) is 89.7 Å². The van der Waals surface area contributed by atoms with E-state index in [1.54, 1.807) is 31.0 Å². The highest BCUT2D eigenvalue weighted by Gasteiger charge is 2.55. The molecule has 2 radical (unpaired) electrons. The smallest absolute Gasteiger partial charge is 0.410 e. The summed E-state index contributed by atoms with van der Waals surface area (Å²) in [4.78, 5) is 39.4. The van der Waals surface area contributed by atoms with Gasteiger partial charge < -0.3 is 19.9 Å². The highest BCUT2D eigenvalue weighted by atomic mass is 16.6. The Morgan fingerprint density at radius 3 is 2.46 bits per heavy atom. The van der Waals surface area contributed by atoms with E-state index in [2.05, 4.69) is 53.5 Å². The standard InChI is InChI=1S/C34H54BN7O6/c1-10-22(3)34(8)30(25(6)36-19-21(2)18-33(7,47-9)29(35)23(4)28(43)24(5)31(44)45)42(32(46)48-34)17-12-11-16-41-20-27(39-40-41)26-14-13-15-37-38-26/h13-15,20-25,29-30,36H,10-12,16-19H2,1-9H3,(H,44,45)/t21-,22-,23+,24-,25-,29-,30-,33-,34-/m1/s1. The fourth-order valence-electron chi connectivity index (χ4n) is 6.88. The first-order valence-corrected chi connectivity index (χ1v) is 17.1. The Kier molecular flexibility index (Phi) is 13.7. The Morgan fingerprint density at radius 1 is 1.17 bits per heavy atom. The molecule has 0 spiro atoms. The number of carboxylic acids is 1. The van der Waals surface area contributed by atoms with Gasteiger partial charge in [0.15, 0.2) is 0 Å². The van der Waals surface area contributed by atoms with Crippen molar-refractivity contribution in [2.24, 2.45) is 23.7 Å². The molecule has 0 unspecified atom stereocenters. The summed E-state index contributed by atoms with van der Waals surface area (Å²) in [6, 6.07) is 3.35. The maximum atomic E-state index is 13.3. The number of methoxy groups -OCH3 is 1. The number of aryl methyl sites for hydroxylation is 1. The average Bonchev–Trinajstić information content (AvgIpc) is 3.65. The van der Waals surface area contributed by atoms with Gasteiger partial charge in [-0.25, -0.2) is 4.79 Å². The van der Waals surface area contributed by atoms with Gasteiger partial charge in [-0.2, -0.15) is 5.10 Å². The zero-order valence-corrected chi connectivity index (χ0v) is 30.0. The van der Waals surface area contributed by atoms with Crippen LogP contribution >= 0.6 is 0 Å². The van der Waals surface area contributed by atoms with E-state index in [1.165, 1.54) is 6.92 Å². The third kappa shape index (κ3) is 8.99. The lowest BCUT2D eigenvalue weighted by Gasteiger charge is -2.41. The number of aliphatic carboxylic acids is 1. The Balaban J connectivity index is 1.63. The first-order chi connectivity index (χ1) is 22.6. The number of ether oxygens (including phenoxy) is 2. The van der Waals surface area contributed by atoms with E-state index >= 15 is 0 Å². The number of hydrogen-bond donors (Lipinski definition) is 2. The monoisotopic (exact) mass is 667 g/mol. The molecule has 0 bridgehead atoms. The van der Waals surface area contributed by atoms with Gasteiger partial charge >= 0.3 is 12.1 Å². The predicted octanol–water partition coefficient (Wildman–Crippen LogP) is 4.43. The highest BCUT2D eigenvalue weighted by molar-refractivity contribution is 6.15. The molecule has 1 fully saturated rings. The lowest BCUT2D eigenvalue weighted by Crippen LogP contribution is -2.58. The molecule has 1 amide bonds. The van der Waals surface area contributed by atoms with E-state index in [-0.39, 0.29) is 30.0 Å². The minimum atomic E-state index is -1.17. The summed E-state index contributed by atoms with van der Waals surface area (Å²) in [5.74, 6) is -3.90. The Labute approximate surface area is 286 Å². The summed E-state index contributed by atoms with van der Waals surface area (Å²) >= 11 is 0. The van der Waals surface area contributed by atoms with Crippen LogP contribution in [0, 0.1) is 23.7 Å². The maximum absolute atomic E-state index is 13.3. The van der Waals surface area contributed by atoms with Gasteiger partial charge in [0.1, 0.15) is 28.7 Å². The normalized spacial score (nSPS) is 23.1. The van der Waals surface area contributed by atoms with E-state index in [9.17, 15) is 19.5 Å². The number of carbonyl (C=O) groups is 3. The van der Waals surface area contributed by atoms with Crippen LogP contribution in [0.5, 0.6) is 0 Å². The van der Waals surface area contributed by atoms with Gasteiger partial charge in [-0.3, -0.25) is 19.2 Å². The molecule has 13 nitrogen and oxygen atoms in total. The summed E-state index contributed by atoms with van der Waals surface area (Å²) in [6.45, 7) is 17.1. The second-order valence-corrected chi connectivity index (χ2v) is 14.0. The molecule has 0 aliphatic carbocycles. The second-order valence-electron chi connectivity index (χ2n) is 14.0. The number of Topliss-reactive ketones (excluding diaryl/α,β-unsaturated/α-hetero) is 1. The lowest BCUT2D eigenvalue weighted by atomic mass is 9.62. The van der Waals surface area contributed by atoms with Crippen LogP contribution in [0.3, 0.4) is 0 Å². The second kappa shape index (κ2) is 16.8. The maximum Gasteiger partial charge on any atom is 0.410 e. The van der Waals surface area contributed by atoms with Gasteiger partial charge in [-0.1, -0.05) is 32.9 Å². The zero-order chi connectivity index (χ0) is 35.8. The zero-order valence-electron chi connectivity index (χ0n) is 30.0. The van der Waals surface area contributed by atoms with Crippen molar-refractivity contribution in [3.63, 3.8) is 0 Å². The van der Waals surface area contributed by atoms with Gasteiger partial charge in [0.25, 0.3) is 0 Å². The first kappa shape index (κ1) is 39.1. The summed E-state index contributed by atoms with van der Waals surface area (Å²) in [5.41, 5.74) is -0.218. The van der Waals surface area contributed by atoms with Crippen LogP contribution in [0.25, 0.3) is 11.4 Å². The van der Waals surface area contributed by atoms with E-state index in [0.29, 0.717) is 37.4 Å². The molecule has 0 aromatic carbocycles. The minimum Gasteiger partial charge on any atom is -0.481 e. The van der Waals surface area contributed by atoms with Crippen molar-refractivity contribution in [3.05, 3.63) is 24.5 Å². The topological polar surface area (TPSA) is 162 Å². The molecule has 0 saturated carbocycles. The molecule has 3 rings (SSSR count). The number of carbonyl (C=O) groups excluding carboxylic acids is 2. The van der Waals surface area contributed by atoms with Crippen molar-refractivity contribution >= 4 is 25.7 Å². The molecular weight excluding hydrogens is 613 g/mol. The van der Waals surface area contributed by atoms with Crippen LogP contribution in [-0.4, -0.2) is 104 Å². The Hall–Kier alpha value is -3.39. The van der Waals surface area contributed by atoms with Crippen LogP contribution in [0.15, 0.2) is 24.5 Å². The van der Waals surface area contributed by atoms with Crippen molar-refractivity contribution in [3.8, 4) is 11.4 Å².